The molecule has 0 fully saturated rings. The van der Waals surface area contributed by atoms with E-state index in [-0.39, 0.29) is 6.10 Å². The summed E-state index contributed by atoms with van der Waals surface area (Å²) in [6.45, 7) is 2.33. The first-order valence-electron chi connectivity index (χ1n) is 4.63. The van der Waals surface area contributed by atoms with Crippen molar-refractivity contribution in [2.45, 2.75) is 26.9 Å². The van der Waals surface area contributed by atoms with Crippen molar-refractivity contribution < 1.29 is 23.1 Å². The molecule has 7 heteroatoms. The van der Waals surface area contributed by atoms with Gasteiger partial charge in [-0.05, 0) is 20.8 Å². The standard InChI is InChI=1S/C9H17O5PS/c1-7(2)13-9(10)6-8(3)14-15(16,11-4)12-5/h6-7H,1-5H3/b8-6+. The van der Waals surface area contributed by atoms with E-state index in [1.54, 1.807) is 20.8 Å². The zero-order valence-electron chi connectivity index (χ0n) is 10.1. The van der Waals surface area contributed by atoms with Gasteiger partial charge in [-0.1, -0.05) is 0 Å². The number of rotatable bonds is 6. The van der Waals surface area contributed by atoms with Crippen LogP contribution >= 0.6 is 6.72 Å². The van der Waals surface area contributed by atoms with Crippen LogP contribution in [-0.4, -0.2) is 26.3 Å². The average Bonchev–Trinajstić information content (AvgIpc) is 2.15. The Bertz CT molecular complexity index is 305. The summed E-state index contributed by atoms with van der Waals surface area (Å²) in [6.07, 6.45) is 1.03. The van der Waals surface area contributed by atoms with E-state index in [4.69, 9.17) is 30.1 Å². The van der Waals surface area contributed by atoms with Gasteiger partial charge in [-0.15, -0.1) is 0 Å². The van der Waals surface area contributed by atoms with Gasteiger partial charge in [0.15, 0.2) is 0 Å². The lowest BCUT2D eigenvalue weighted by molar-refractivity contribution is -0.141. The summed E-state index contributed by atoms with van der Waals surface area (Å²) in [5.41, 5.74) is 0. The summed E-state index contributed by atoms with van der Waals surface area (Å²) in [6, 6.07) is 0. The molecule has 0 heterocycles. The highest BCUT2D eigenvalue weighted by Gasteiger charge is 2.18. The molecule has 0 radical (unpaired) electrons. The molecule has 0 aliphatic carbocycles. The van der Waals surface area contributed by atoms with Gasteiger partial charge in [0.2, 0.25) is 0 Å². The first kappa shape index (κ1) is 15.6. The maximum Gasteiger partial charge on any atom is 0.379 e. The monoisotopic (exact) mass is 268 g/mol. The minimum absolute atomic E-state index is 0.176. The molecule has 0 amide bonds. The van der Waals surface area contributed by atoms with E-state index < -0.39 is 12.7 Å². The average molecular weight is 268 g/mol. The van der Waals surface area contributed by atoms with Crippen molar-refractivity contribution in [3.8, 4) is 0 Å². The van der Waals surface area contributed by atoms with Gasteiger partial charge in [0.25, 0.3) is 0 Å². The molecule has 0 bridgehead atoms. The molecule has 0 saturated heterocycles. The van der Waals surface area contributed by atoms with Crippen LogP contribution in [-0.2, 0) is 34.9 Å². The molecule has 0 atom stereocenters. The van der Waals surface area contributed by atoms with E-state index in [9.17, 15) is 4.79 Å². The van der Waals surface area contributed by atoms with E-state index in [0.717, 1.165) is 0 Å². The highest BCUT2D eigenvalue weighted by atomic mass is 32.5. The lowest BCUT2D eigenvalue weighted by Gasteiger charge is -2.18. The molecule has 0 aliphatic rings. The van der Waals surface area contributed by atoms with E-state index in [1.807, 2.05) is 0 Å². The Hall–Kier alpha value is -0.420. The fourth-order valence-corrected chi connectivity index (χ4v) is 1.84. The molecule has 0 aromatic rings. The zero-order chi connectivity index (χ0) is 12.8. The third-order valence-corrected chi connectivity index (χ3v) is 3.90. The second kappa shape index (κ2) is 7.01. The Morgan fingerprint density at radius 1 is 1.31 bits per heavy atom. The van der Waals surface area contributed by atoms with Crippen LogP contribution in [0.3, 0.4) is 0 Å². The summed E-state index contributed by atoms with van der Waals surface area (Å²) in [5.74, 6) is -0.182. The molecular formula is C9H17O5PS. The van der Waals surface area contributed by atoms with Crippen molar-refractivity contribution in [1.29, 1.82) is 0 Å². The molecule has 94 valence electrons. The van der Waals surface area contributed by atoms with Crippen molar-refractivity contribution in [3.63, 3.8) is 0 Å². The molecule has 0 spiro atoms. The van der Waals surface area contributed by atoms with Crippen LogP contribution in [0.4, 0.5) is 0 Å². The number of hydrogen-bond acceptors (Lipinski definition) is 6. The van der Waals surface area contributed by atoms with Gasteiger partial charge in [-0.3, -0.25) is 0 Å². The van der Waals surface area contributed by atoms with Crippen molar-refractivity contribution in [1.82, 2.24) is 0 Å². The molecule has 16 heavy (non-hydrogen) atoms. The van der Waals surface area contributed by atoms with Crippen LogP contribution in [0, 0.1) is 0 Å². The lowest BCUT2D eigenvalue weighted by atomic mass is 10.4. The predicted octanol–water partition coefficient (Wildman–Crippen LogP) is 2.38. The van der Waals surface area contributed by atoms with E-state index in [0.29, 0.717) is 5.76 Å². The molecule has 0 unspecified atom stereocenters. The Balaban J connectivity index is 4.45. The third-order valence-electron chi connectivity index (χ3n) is 1.38. The molecule has 0 aromatic heterocycles. The van der Waals surface area contributed by atoms with Crippen LogP contribution in [0.15, 0.2) is 11.8 Å². The Kier molecular flexibility index (Phi) is 6.83. The van der Waals surface area contributed by atoms with Crippen LogP contribution in [0.2, 0.25) is 0 Å². The second-order valence-electron chi connectivity index (χ2n) is 3.14. The second-order valence-corrected chi connectivity index (χ2v) is 6.29. The maximum atomic E-state index is 11.2. The third kappa shape index (κ3) is 6.23. The van der Waals surface area contributed by atoms with Gasteiger partial charge in [0.05, 0.1) is 12.2 Å². The van der Waals surface area contributed by atoms with Gasteiger partial charge < -0.3 is 18.3 Å². The highest BCUT2D eigenvalue weighted by Crippen LogP contribution is 2.49. The Morgan fingerprint density at radius 2 is 1.81 bits per heavy atom. The van der Waals surface area contributed by atoms with Gasteiger partial charge in [0.1, 0.15) is 5.76 Å². The van der Waals surface area contributed by atoms with Crippen LogP contribution in [0.5, 0.6) is 0 Å². The molecule has 5 nitrogen and oxygen atoms in total. The van der Waals surface area contributed by atoms with E-state index in [2.05, 4.69) is 0 Å². The molecule has 0 saturated carbocycles. The number of carbonyl (C=O) groups is 1. The van der Waals surface area contributed by atoms with Crippen molar-refractivity contribution in [3.05, 3.63) is 11.8 Å². The topological polar surface area (TPSA) is 54.0 Å². The van der Waals surface area contributed by atoms with Crippen LogP contribution < -0.4 is 0 Å². The first-order chi connectivity index (χ1) is 7.33. The molecule has 0 aromatic carbocycles. The summed E-state index contributed by atoms with van der Waals surface area (Å²) in [7, 11) is 2.79. The highest BCUT2D eigenvalue weighted by molar-refractivity contribution is 8.07. The smallest absolute Gasteiger partial charge is 0.379 e. The summed E-state index contributed by atoms with van der Waals surface area (Å²) < 4.78 is 20.0. The number of esters is 1. The summed E-state index contributed by atoms with van der Waals surface area (Å²) >= 11 is 4.97. The fourth-order valence-electron chi connectivity index (χ4n) is 0.784. The predicted molar refractivity (Wildman–Crippen MR) is 64.4 cm³/mol. The molecule has 0 rings (SSSR count). The van der Waals surface area contributed by atoms with Crippen molar-refractivity contribution in [2.24, 2.45) is 0 Å². The first-order valence-corrected chi connectivity index (χ1v) is 7.18. The van der Waals surface area contributed by atoms with Crippen molar-refractivity contribution in [2.75, 3.05) is 14.2 Å². The molecule has 0 aliphatic heterocycles. The summed E-state index contributed by atoms with van der Waals surface area (Å²) in [4.78, 5) is 11.2. The Labute approximate surface area is 101 Å². The van der Waals surface area contributed by atoms with Gasteiger partial charge in [-0.2, -0.15) is 0 Å². The zero-order valence-corrected chi connectivity index (χ0v) is 11.8. The van der Waals surface area contributed by atoms with Gasteiger partial charge >= 0.3 is 12.7 Å². The van der Waals surface area contributed by atoms with E-state index >= 15 is 0 Å². The minimum atomic E-state index is -2.77. The fraction of sp³-hybridized carbons (Fsp3) is 0.667. The van der Waals surface area contributed by atoms with Gasteiger partial charge in [0, 0.05) is 26.0 Å². The molecular weight excluding hydrogens is 251 g/mol. The largest absolute Gasteiger partial charge is 0.460 e. The number of ether oxygens (including phenoxy) is 1. The van der Waals surface area contributed by atoms with Gasteiger partial charge in [-0.25, -0.2) is 4.79 Å². The summed E-state index contributed by atoms with van der Waals surface area (Å²) in [5, 5.41) is 0. The number of carbonyl (C=O) groups excluding carboxylic acids is 1. The normalized spacial score (nSPS) is 12.8. The Morgan fingerprint density at radius 3 is 2.19 bits per heavy atom. The number of hydrogen-bond donors (Lipinski definition) is 0. The van der Waals surface area contributed by atoms with E-state index in [1.165, 1.54) is 20.3 Å². The SMILES string of the molecule is COP(=S)(OC)O/C(C)=C/C(=O)OC(C)C. The van der Waals surface area contributed by atoms with Crippen LogP contribution in [0.25, 0.3) is 0 Å². The quantitative estimate of drug-likeness (QED) is 0.319. The number of allylic oxidation sites excluding steroid dienone is 1. The maximum absolute atomic E-state index is 11.2. The molecule has 0 N–H and O–H groups in total. The van der Waals surface area contributed by atoms with Crippen molar-refractivity contribution >= 4 is 24.5 Å². The van der Waals surface area contributed by atoms with Crippen LogP contribution in [0.1, 0.15) is 20.8 Å². The lowest BCUT2D eigenvalue weighted by Crippen LogP contribution is -2.09. The minimum Gasteiger partial charge on any atom is -0.460 e.